The maximum Gasteiger partial charge on any atom is 0.338 e. The lowest BCUT2D eigenvalue weighted by atomic mass is 9.93. The van der Waals surface area contributed by atoms with Gasteiger partial charge in [-0.2, -0.15) is 0 Å². The molecule has 5 rings (SSSR count). The minimum atomic E-state index is -1.05. The molecule has 8 heteroatoms. The lowest BCUT2D eigenvalue weighted by molar-refractivity contribution is 0.0334. The van der Waals surface area contributed by atoms with Gasteiger partial charge in [0.15, 0.2) is 0 Å². The molecule has 190 valence electrons. The van der Waals surface area contributed by atoms with Crippen molar-refractivity contribution >= 4 is 28.3 Å². The number of likely N-dealkylation sites (tertiary alicyclic amines) is 1. The van der Waals surface area contributed by atoms with Gasteiger partial charge in [-0.1, -0.05) is 41.9 Å². The number of fused-ring (bicyclic) bond motifs is 1. The lowest BCUT2D eigenvalue weighted by Crippen LogP contribution is -2.39. The van der Waals surface area contributed by atoms with Crippen LogP contribution >= 0.6 is 11.6 Å². The van der Waals surface area contributed by atoms with E-state index in [1.54, 1.807) is 22.8 Å². The van der Waals surface area contributed by atoms with Crippen molar-refractivity contribution in [3.05, 3.63) is 75.2 Å². The Kier molecular flexibility index (Phi) is 7.72. The number of nitrogens with zero attached hydrogens (tertiary/aromatic N) is 3. The second-order valence-electron chi connectivity index (χ2n) is 9.73. The number of pyridine rings is 1. The number of para-hydroxylation sites is 1. The first-order valence-electron chi connectivity index (χ1n) is 12.7. The maximum absolute atomic E-state index is 13.7. The summed E-state index contributed by atoms with van der Waals surface area (Å²) in [4.78, 5) is 31.1. The Morgan fingerprint density at radius 3 is 2.39 bits per heavy atom. The second-order valence-corrected chi connectivity index (χ2v) is 10.1. The minimum absolute atomic E-state index is 0.144. The van der Waals surface area contributed by atoms with Crippen LogP contribution in [0.4, 0.5) is 0 Å². The van der Waals surface area contributed by atoms with Crippen LogP contribution in [0.1, 0.15) is 35.3 Å². The van der Waals surface area contributed by atoms with Gasteiger partial charge in [0.2, 0.25) is 0 Å². The zero-order valence-electron chi connectivity index (χ0n) is 20.4. The Labute approximate surface area is 215 Å². The zero-order chi connectivity index (χ0) is 25.1. The van der Waals surface area contributed by atoms with Gasteiger partial charge in [0.25, 0.3) is 5.56 Å². The number of carboxylic acids is 1. The molecule has 0 amide bonds. The number of carbonyl (C=O) groups is 1. The molecule has 1 aromatic heterocycles. The quantitative estimate of drug-likeness (QED) is 0.512. The largest absolute Gasteiger partial charge is 0.478 e. The number of rotatable bonds is 7. The molecule has 3 heterocycles. The fourth-order valence-electron chi connectivity index (χ4n) is 5.52. The third-order valence-electron chi connectivity index (χ3n) is 7.52. The third-order valence-corrected chi connectivity index (χ3v) is 7.84. The number of halogens is 1. The summed E-state index contributed by atoms with van der Waals surface area (Å²) in [5, 5.41) is 11.2. The summed E-state index contributed by atoms with van der Waals surface area (Å²) in [5.41, 5.74) is 0.995. The highest BCUT2D eigenvalue weighted by atomic mass is 35.5. The first-order valence-corrected chi connectivity index (χ1v) is 13.1. The fraction of sp³-hybridized carbons (Fsp3) is 0.429. The average Bonchev–Trinajstić information content (AvgIpc) is 2.89. The molecule has 7 nitrogen and oxygen atoms in total. The molecular weight excluding hydrogens is 478 g/mol. The smallest absolute Gasteiger partial charge is 0.338 e. The summed E-state index contributed by atoms with van der Waals surface area (Å²) in [7, 11) is 0. The van der Waals surface area contributed by atoms with Gasteiger partial charge in [-0.15, -0.1) is 0 Å². The number of hydrogen-bond acceptors (Lipinski definition) is 5. The van der Waals surface area contributed by atoms with Gasteiger partial charge in [0.1, 0.15) is 0 Å². The monoisotopic (exact) mass is 509 g/mol. The third kappa shape index (κ3) is 5.20. The van der Waals surface area contributed by atoms with Crippen molar-refractivity contribution in [3.8, 4) is 5.69 Å². The number of carboxylic acid groups (broad SMARTS) is 1. The van der Waals surface area contributed by atoms with E-state index >= 15 is 0 Å². The Morgan fingerprint density at radius 1 is 0.972 bits per heavy atom. The van der Waals surface area contributed by atoms with Crippen LogP contribution in [0.5, 0.6) is 0 Å². The predicted octanol–water partition coefficient (Wildman–Crippen LogP) is 4.28. The van der Waals surface area contributed by atoms with E-state index in [0.29, 0.717) is 29.2 Å². The van der Waals surface area contributed by atoms with Gasteiger partial charge in [-0.05, 0) is 63.0 Å². The molecule has 2 aromatic carbocycles. The highest BCUT2D eigenvalue weighted by Crippen LogP contribution is 2.29. The normalized spacial score (nSPS) is 18.0. The first kappa shape index (κ1) is 25.0. The molecule has 2 aliphatic rings. The number of piperidine rings is 1. The topological polar surface area (TPSA) is 75.0 Å². The summed E-state index contributed by atoms with van der Waals surface area (Å²) in [6, 6.07) is 14.3. The van der Waals surface area contributed by atoms with Crippen LogP contribution in [-0.2, 0) is 11.3 Å². The summed E-state index contributed by atoms with van der Waals surface area (Å²) in [6.45, 7) is 6.93. The van der Waals surface area contributed by atoms with Gasteiger partial charge in [-0.3, -0.25) is 19.2 Å². The Bertz CT molecular complexity index is 1280. The summed E-state index contributed by atoms with van der Waals surface area (Å²) in [6.07, 6.45) is 3.32. The van der Waals surface area contributed by atoms with Crippen molar-refractivity contribution < 1.29 is 14.6 Å². The van der Waals surface area contributed by atoms with E-state index in [-0.39, 0.29) is 21.5 Å². The first-order chi connectivity index (χ1) is 17.5. The van der Waals surface area contributed by atoms with Gasteiger partial charge < -0.3 is 9.84 Å². The molecule has 2 saturated heterocycles. The van der Waals surface area contributed by atoms with Gasteiger partial charge in [-0.25, -0.2) is 4.79 Å². The molecule has 2 aliphatic heterocycles. The number of aromatic carboxylic acids is 1. The standard InChI is InChI=1S/C28H32ClN3O4/c29-23-8-4-7-22-25(23)27(33)32(21-5-2-1-3-6-21)24(26(22)28(34)35)19-31-13-10-20(11-14-31)9-12-30-15-17-36-18-16-30/h1-8,20H,9-19H2,(H,34,35). The number of hydrogen-bond donors (Lipinski definition) is 1. The molecule has 0 spiro atoms. The van der Waals surface area contributed by atoms with Crippen LogP contribution in [-0.4, -0.2) is 71.4 Å². The lowest BCUT2D eigenvalue weighted by Gasteiger charge is -2.34. The van der Waals surface area contributed by atoms with E-state index in [9.17, 15) is 14.7 Å². The molecule has 2 fully saturated rings. The highest BCUT2D eigenvalue weighted by Gasteiger charge is 2.27. The van der Waals surface area contributed by atoms with Gasteiger partial charge in [0, 0.05) is 30.7 Å². The van der Waals surface area contributed by atoms with Crippen molar-refractivity contribution in [3.63, 3.8) is 0 Å². The molecule has 36 heavy (non-hydrogen) atoms. The molecule has 0 saturated carbocycles. The van der Waals surface area contributed by atoms with E-state index in [2.05, 4.69) is 9.80 Å². The van der Waals surface area contributed by atoms with E-state index in [0.717, 1.165) is 58.8 Å². The SMILES string of the molecule is O=C(O)c1c(CN2CCC(CCN3CCOCC3)CC2)n(-c2ccccc2)c(=O)c2c(Cl)cccc12. The Hall–Kier alpha value is -2.71. The minimum Gasteiger partial charge on any atom is -0.478 e. The molecule has 1 N–H and O–H groups in total. The van der Waals surface area contributed by atoms with E-state index < -0.39 is 5.97 Å². The van der Waals surface area contributed by atoms with Crippen molar-refractivity contribution in [1.82, 2.24) is 14.4 Å². The van der Waals surface area contributed by atoms with Crippen LogP contribution in [0.2, 0.25) is 5.02 Å². The van der Waals surface area contributed by atoms with Crippen LogP contribution in [0.25, 0.3) is 16.5 Å². The van der Waals surface area contributed by atoms with Crippen molar-refractivity contribution in [2.75, 3.05) is 45.9 Å². The second kappa shape index (κ2) is 11.1. The molecule has 0 unspecified atom stereocenters. The highest BCUT2D eigenvalue weighted by molar-refractivity contribution is 6.35. The Morgan fingerprint density at radius 2 is 1.69 bits per heavy atom. The molecule has 0 aliphatic carbocycles. The molecular formula is C28H32ClN3O4. The molecule has 0 atom stereocenters. The van der Waals surface area contributed by atoms with E-state index in [1.165, 1.54) is 6.42 Å². The van der Waals surface area contributed by atoms with E-state index in [4.69, 9.17) is 16.3 Å². The number of ether oxygens (including phenoxy) is 1. The number of aromatic nitrogens is 1. The van der Waals surface area contributed by atoms with Crippen LogP contribution in [0, 0.1) is 5.92 Å². The Balaban J connectivity index is 1.43. The van der Waals surface area contributed by atoms with E-state index in [1.807, 2.05) is 30.3 Å². The van der Waals surface area contributed by atoms with Crippen LogP contribution in [0.15, 0.2) is 53.3 Å². The molecule has 0 radical (unpaired) electrons. The number of benzene rings is 2. The summed E-state index contributed by atoms with van der Waals surface area (Å²) in [5.74, 6) is -0.392. The fourth-order valence-corrected chi connectivity index (χ4v) is 5.78. The van der Waals surface area contributed by atoms with Crippen molar-refractivity contribution in [1.29, 1.82) is 0 Å². The van der Waals surface area contributed by atoms with Crippen LogP contribution < -0.4 is 5.56 Å². The summed E-state index contributed by atoms with van der Waals surface area (Å²) >= 11 is 6.42. The summed E-state index contributed by atoms with van der Waals surface area (Å²) < 4.78 is 6.99. The predicted molar refractivity (Wildman–Crippen MR) is 141 cm³/mol. The van der Waals surface area contributed by atoms with Crippen molar-refractivity contribution in [2.45, 2.75) is 25.8 Å². The molecule has 3 aromatic rings. The average molecular weight is 510 g/mol. The van der Waals surface area contributed by atoms with Gasteiger partial charge in [0.05, 0.1) is 34.9 Å². The van der Waals surface area contributed by atoms with Crippen molar-refractivity contribution in [2.24, 2.45) is 5.92 Å². The van der Waals surface area contributed by atoms with Gasteiger partial charge >= 0.3 is 5.97 Å². The number of morpholine rings is 1. The zero-order valence-corrected chi connectivity index (χ0v) is 21.1. The van der Waals surface area contributed by atoms with Crippen LogP contribution in [0.3, 0.4) is 0 Å². The maximum atomic E-state index is 13.7. The molecule has 0 bridgehead atoms.